The van der Waals surface area contributed by atoms with Crippen molar-refractivity contribution in [2.75, 3.05) is 0 Å². The van der Waals surface area contributed by atoms with Crippen molar-refractivity contribution in [2.45, 2.75) is 92.1 Å². The summed E-state index contributed by atoms with van der Waals surface area (Å²) in [6.45, 7) is 12.8. The fourth-order valence-corrected chi connectivity index (χ4v) is 5.70. The topological polar surface area (TPSA) is 52.6 Å². The maximum Gasteiger partial charge on any atom is 0.338 e. The van der Waals surface area contributed by atoms with E-state index >= 15 is 0 Å². The first-order valence-corrected chi connectivity index (χ1v) is 10.7. The van der Waals surface area contributed by atoms with Gasteiger partial charge in [0.1, 0.15) is 0 Å². The van der Waals surface area contributed by atoms with Crippen molar-refractivity contribution in [3.63, 3.8) is 0 Å². The first kappa shape index (κ1) is 20.4. The predicted molar refractivity (Wildman–Crippen MR) is 105 cm³/mol. The van der Waals surface area contributed by atoms with Gasteiger partial charge in [0.15, 0.2) is 11.4 Å². The van der Waals surface area contributed by atoms with E-state index in [1.165, 1.54) is 0 Å². The van der Waals surface area contributed by atoms with Crippen molar-refractivity contribution < 1.29 is 19.1 Å². The molecule has 2 saturated carbocycles. The number of carbonyl (C=O) groups is 2. The van der Waals surface area contributed by atoms with Gasteiger partial charge in [-0.1, -0.05) is 41.5 Å². The molecule has 0 amide bonds. The maximum atomic E-state index is 13.0. The molecule has 2 atom stereocenters. The zero-order valence-electron chi connectivity index (χ0n) is 17.9. The Hall–Kier alpha value is -1.32. The van der Waals surface area contributed by atoms with E-state index < -0.39 is 5.60 Å². The molecule has 0 saturated heterocycles. The van der Waals surface area contributed by atoms with Crippen molar-refractivity contribution in [2.24, 2.45) is 29.1 Å². The highest BCUT2D eigenvalue weighted by Crippen LogP contribution is 2.52. The molecular formula is C23H36O4. The van der Waals surface area contributed by atoms with Gasteiger partial charge >= 0.3 is 11.9 Å². The SMILES string of the molecule is CC1CC(C)C(C2=C(OC(=O)CC(C)(C)C)C3(CCCC3)OC2=O)C(C)C1. The van der Waals surface area contributed by atoms with Crippen molar-refractivity contribution in [3.8, 4) is 0 Å². The lowest BCUT2D eigenvalue weighted by Gasteiger charge is -2.38. The van der Waals surface area contributed by atoms with E-state index in [0.717, 1.165) is 38.5 Å². The van der Waals surface area contributed by atoms with E-state index in [-0.39, 0.29) is 23.3 Å². The van der Waals surface area contributed by atoms with Crippen LogP contribution < -0.4 is 0 Å². The van der Waals surface area contributed by atoms with Gasteiger partial charge in [0.25, 0.3) is 0 Å². The third-order valence-corrected chi connectivity index (χ3v) is 6.58. The van der Waals surface area contributed by atoms with Gasteiger partial charge in [-0.25, -0.2) is 4.79 Å². The average molecular weight is 377 g/mol. The summed E-state index contributed by atoms with van der Waals surface area (Å²) in [5, 5.41) is 0. The fraction of sp³-hybridized carbons (Fsp3) is 0.826. The minimum atomic E-state index is -0.692. The highest BCUT2D eigenvalue weighted by atomic mass is 16.6. The molecule has 0 aromatic carbocycles. The Morgan fingerprint density at radius 3 is 2.19 bits per heavy atom. The van der Waals surface area contributed by atoms with Gasteiger partial charge in [0, 0.05) is 0 Å². The summed E-state index contributed by atoms with van der Waals surface area (Å²) in [4.78, 5) is 25.7. The van der Waals surface area contributed by atoms with Crippen LogP contribution in [0.25, 0.3) is 0 Å². The summed E-state index contributed by atoms with van der Waals surface area (Å²) < 4.78 is 11.9. The van der Waals surface area contributed by atoms with Crippen molar-refractivity contribution >= 4 is 11.9 Å². The first-order valence-electron chi connectivity index (χ1n) is 10.7. The van der Waals surface area contributed by atoms with Crippen LogP contribution >= 0.6 is 0 Å². The Bertz CT molecular complexity index is 621. The smallest absolute Gasteiger partial charge is 0.338 e. The van der Waals surface area contributed by atoms with Gasteiger partial charge in [-0.15, -0.1) is 0 Å². The molecule has 0 aromatic rings. The lowest BCUT2D eigenvalue weighted by Crippen LogP contribution is -2.33. The van der Waals surface area contributed by atoms with Crippen LogP contribution in [0.5, 0.6) is 0 Å². The fourth-order valence-electron chi connectivity index (χ4n) is 5.70. The quantitative estimate of drug-likeness (QED) is 0.618. The van der Waals surface area contributed by atoms with Gasteiger partial charge in [-0.05, 0) is 67.6 Å². The minimum absolute atomic E-state index is 0.117. The van der Waals surface area contributed by atoms with E-state index in [2.05, 4.69) is 20.8 Å². The van der Waals surface area contributed by atoms with Crippen LogP contribution in [0.15, 0.2) is 11.3 Å². The van der Waals surface area contributed by atoms with Crippen LogP contribution in [0.3, 0.4) is 0 Å². The second kappa shape index (κ2) is 7.25. The molecule has 27 heavy (non-hydrogen) atoms. The van der Waals surface area contributed by atoms with Crippen molar-refractivity contribution in [1.82, 2.24) is 0 Å². The Balaban J connectivity index is 1.99. The summed E-state index contributed by atoms with van der Waals surface area (Å²) in [7, 11) is 0. The van der Waals surface area contributed by atoms with E-state index in [9.17, 15) is 9.59 Å². The predicted octanol–water partition coefficient (Wildman–Crippen LogP) is 5.41. The van der Waals surface area contributed by atoms with Crippen molar-refractivity contribution in [1.29, 1.82) is 0 Å². The zero-order chi connectivity index (χ0) is 20.0. The molecular weight excluding hydrogens is 340 g/mol. The molecule has 1 aliphatic heterocycles. The summed E-state index contributed by atoms with van der Waals surface area (Å²) >= 11 is 0. The molecule has 3 aliphatic rings. The average Bonchev–Trinajstić information content (AvgIpc) is 3.05. The monoisotopic (exact) mass is 376 g/mol. The summed E-state index contributed by atoms with van der Waals surface area (Å²) in [6.07, 6.45) is 6.09. The van der Waals surface area contributed by atoms with Gasteiger partial charge in [0.2, 0.25) is 0 Å². The number of hydrogen-bond donors (Lipinski definition) is 0. The first-order chi connectivity index (χ1) is 12.5. The van der Waals surface area contributed by atoms with E-state index in [1.54, 1.807) is 0 Å². The Morgan fingerprint density at radius 1 is 1.11 bits per heavy atom. The number of rotatable bonds is 3. The van der Waals surface area contributed by atoms with E-state index in [4.69, 9.17) is 9.47 Å². The van der Waals surface area contributed by atoms with Crippen molar-refractivity contribution in [3.05, 3.63) is 11.3 Å². The molecule has 2 unspecified atom stereocenters. The number of ether oxygens (including phenoxy) is 2. The van der Waals surface area contributed by atoms with Crippen LogP contribution in [0.2, 0.25) is 0 Å². The third-order valence-electron chi connectivity index (χ3n) is 6.58. The van der Waals surface area contributed by atoms with Gasteiger partial charge in [-0.2, -0.15) is 0 Å². The highest BCUT2D eigenvalue weighted by molar-refractivity contribution is 5.94. The molecule has 4 nitrogen and oxygen atoms in total. The lowest BCUT2D eigenvalue weighted by molar-refractivity contribution is -0.154. The molecule has 0 bridgehead atoms. The number of esters is 2. The molecule has 2 fully saturated rings. The van der Waals surface area contributed by atoms with Crippen LogP contribution in [0.1, 0.15) is 86.5 Å². The second-order valence-electron chi connectivity index (χ2n) is 10.6. The van der Waals surface area contributed by atoms with Crippen LogP contribution in [-0.2, 0) is 19.1 Å². The summed E-state index contributed by atoms with van der Waals surface area (Å²) in [6, 6.07) is 0. The van der Waals surface area contributed by atoms with E-state index in [0.29, 0.717) is 35.5 Å². The Labute approximate surface area is 164 Å². The van der Waals surface area contributed by atoms with Gasteiger partial charge in [0.05, 0.1) is 12.0 Å². The molecule has 4 heteroatoms. The van der Waals surface area contributed by atoms with Crippen LogP contribution in [0.4, 0.5) is 0 Å². The Kier molecular flexibility index (Phi) is 5.48. The summed E-state index contributed by atoms with van der Waals surface area (Å²) in [5.74, 6) is 1.64. The van der Waals surface area contributed by atoms with Crippen LogP contribution in [-0.4, -0.2) is 17.5 Å². The lowest BCUT2D eigenvalue weighted by atomic mass is 9.66. The second-order valence-corrected chi connectivity index (χ2v) is 10.6. The van der Waals surface area contributed by atoms with Crippen LogP contribution in [0, 0.1) is 29.1 Å². The highest BCUT2D eigenvalue weighted by Gasteiger charge is 2.55. The molecule has 1 heterocycles. The van der Waals surface area contributed by atoms with E-state index in [1.807, 2.05) is 20.8 Å². The Morgan fingerprint density at radius 2 is 1.67 bits per heavy atom. The molecule has 0 aromatic heterocycles. The zero-order valence-corrected chi connectivity index (χ0v) is 17.9. The minimum Gasteiger partial charge on any atom is -0.447 e. The van der Waals surface area contributed by atoms with Gasteiger partial charge in [-0.3, -0.25) is 4.79 Å². The normalized spacial score (nSPS) is 33.5. The molecule has 1 spiro atoms. The molecule has 3 rings (SSSR count). The molecule has 0 radical (unpaired) electrons. The number of hydrogen-bond acceptors (Lipinski definition) is 4. The standard InChI is InChI=1S/C23H36O4/c1-14-11-15(2)18(16(3)12-14)19-20(26-17(24)13-22(4,5)6)23(27-21(19)25)9-7-8-10-23/h14-16,18H,7-13H2,1-6H3. The third kappa shape index (κ3) is 4.09. The molecule has 2 aliphatic carbocycles. The van der Waals surface area contributed by atoms with Gasteiger partial charge < -0.3 is 9.47 Å². The number of carbonyl (C=O) groups excluding carboxylic acids is 2. The molecule has 0 N–H and O–H groups in total. The summed E-state index contributed by atoms with van der Waals surface area (Å²) in [5.41, 5.74) is -0.168. The largest absolute Gasteiger partial charge is 0.447 e. The maximum absolute atomic E-state index is 13.0. The molecule has 152 valence electrons.